The smallest absolute Gasteiger partial charge is 0.383 e. The van der Waals surface area contributed by atoms with Gasteiger partial charge in [-0.25, -0.2) is 5.01 Å². The first-order chi connectivity index (χ1) is 17.7. The summed E-state index contributed by atoms with van der Waals surface area (Å²) in [5, 5.41) is 7.99. The van der Waals surface area contributed by atoms with E-state index < -0.39 is 23.6 Å². The van der Waals surface area contributed by atoms with Gasteiger partial charge in [0.25, 0.3) is 11.8 Å². The number of rotatable bonds is 8. The van der Waals surface area contributed by atoms with E-state index in [1.165, 1.54) is 28.4 Å². The molecule has 0 radical (unpaired) electrons. The summed E-state index contributed by atoms with van der Waals surface area (Å²) in [6, 6.07) is 15.3. The maximum absolute atomic E-state index is 13.5. The molecule has 1 aromatic heterocycles. The van der Waals surface area contributed by atoms with Crippen molar-refractivity contribution in [1.82, 2.24) is 9.91 Å². The van der Waals surface area contributed by atoms with Crippen LogP contribution in [0.3, 0.4) is 0 Å². The molecule has 0 spiro atoms. The van der Waals surface area contributed by atoms with E-state index in [0.717, 1.165) is 46.0 Å². The minimum Gasteiger partial charge on any atom is -0.383 e. The number of alkyl halides is 3. The maximum atomic E-state index is 13.5. The van der Waals surface area contributed by atoms with E-state index in [1.807, 2.05) is 48.7 Å². The Morgan fingerprint density at radius 3 is 2.41 bits per heavy atom. The molecule has 2 heterocycles. The molecule has 2 aromatic carbocycles. The number of aryl methyl sites for hydroxylation is 1. The number of hydrazone groups is 1. The molecular weight excluding hydrogens is 503 g/mol. The number of hydrogen-bond acceptors (Lipinski definition) is 5. The first kappa shape index (κ1) is 26.6. The third kappa shape index (κ3) is 6.26. The van der Waals surface area contributed by atoms with Crippen molar-refractivity contribution >= 4 is 28.9 Å². The van der Waals surface area contributed by atoms with Crippen LogP contribution in [-0.4, -0.2) is 54.2 Å². The Morgan fingerprint density at radius 2 is 1.81 bits per heavy atom. The van der Waals surface area contributed by atoms with E-state index in [-0.39, 0.29) is 31.3 Å². The predicted molar refractivity (Wildman–Crippen MR) is 135 cm³/mol. The Kier molecular flexibility index (Phi) is 8.09. The van der Waals surface area contributed by atoms with Crippen LogP contribution in [0.2, 0.25) is 0 Å². The van der Waals surface area contributed by atoms with E-state index >= 15 is 0 Å². The minimum atomic E-state index is -4.51. The molecule has 4 rings (SSSR count). The molecule has 1 atom stereocenters. The van der Waals surface area contributed by atoms with Crippen molar-refractivity contribution < 1.29 is 27.5 Å². The van der Waals surface area contributed by atoms with Crippen LogP contribution in [0.25, 0.3) is 0 Å². The maximum Gasteiger partial charge on any atom is 0.416 e. The van der Waals surface area contributed by atoms with Crippen LogP contribution < -0.4 is 0 Å². The van der Waals surface area contributed by atoms with Crippen LogP contribution in [0, 0.1) is 6.92 Å². The average molecular weight is 530 g/mol. The molecule has 0 aliphatic carbocycles. The first-order valence-electron chi connectivity index (χ1n) is 11.6. The minimum absolute atomic E-state index is 0.0520. The SMILES string of the molecule is COCCN(CC(=O)N1N=C(c2cccs2)CC1c1ccc(C)cc1)C(=O)c1ccc(C(F)(F)F)cc1. The number of carbonyl (C=O) groups is 2. The van der Waals surface area contributed by atoms with Crippen LogP contribution >= 0.6 is 11.3 Å². The van der Waals surface area contributed by atoms with E-state index in [0.29, 0.717) is 6.42 Å². The lowest BCUT2D eigenvalue weighted by Crippen LogP contribution is -2.42. The van der Waals surface area contributed by atoms with Crippen LogP contribution in [-0.2, 0) is 15.7 Å². The Balaban J connectivity index is 1.58. The molecule has 0 bridgehead atoms. The third-order valence-electron chi connectivity index (χ3n) is 6.07. The topological polar surface area (TPSA) is 62.2 Å². The van der Waals surface area contributed by atoms with Crippen molar-refractivity contribution in [3.05, 3.63) is 93.2 Å². The first-order valence-corrected chi connectivity index (χ1v) is 12.5. The Hall–Kier alpha value is -3.50. The fraction of sp³-hybridized carbons (Fsp3) is 0.296. The number of ether oxygens (including phenoxy) is 1. The lowest BCUT2D eigenvalue weighted by atomic mass is 10.00. The number of halogens is 3. The van der Waals surface area contributed by atoms with Gasteiger partial charge in [0, 0.05) is 25.6 Å². The zero-order valence-electron chi connectivity index (χ0n) is 20.4. The van der Waals surface area contributed by atoms with E-state index in [9.17, 15) is 22.8 Å². The quantitative estimate of drug-likeness (QED) is 0.385. The number of nitrogens with zero attached hydrogens (tertiary/aromatic N) is 3. The van der Waals surface area contributed by atoms with Crippen molar-refractivity contribution in [1.29, 1.82) is 0 Å². The number of benzene rings is 2. The van der Waals surface area contributed by atoms with Gasteiger partial charge < -0.3 is 9.64 Å². The van der Waals surface area contributed by atoms with Gasteiger partial charge in [-0.2, -0.15) is 18.3 Å². The lowest BCUT2D eigenvalue weighted by molar-refractivity contribution is -0.137. The van der Waals surface area contributed by atoms with Gasteiger partial charge in [-0.15, -0.1) is 11.3 Å². The summed E-state index contributed by atoms with van der Waals surface area (Å²) in [5.74, 6) is -0.957. The van der Waals surface area contributed by atoms with Crippen LogP contribution in [0.15, 0.2) is 71.1 Å². The van der Waals surface area contributed by atoms with Gasteiger partial charge in [0.1, 0.15) is 6.54 Å². The second kappa shape index (κ2) is 11.3. The summed E-state index contributed by atoms with van der Waals surface area (Å²) in [6.07, 6.45) is -3.98. The van der Waals surface area contributed by atoms with Crippen LogP contribution in [0.1, 0.15) is 44.4 Å². The van der Waals surface area contributed by atoms with Gasteiger partial charge in [0.15, 0.2) is 0 Å². The van der Waals surface area contributed by atoms with Gasteiger partial charge in [-0.05, 0) is 48.2 Å². The fourth-order valence-corrected chi connectivity index (χ4v) is 4.78. The molecule has 1 aliphatic rings. The molecule has 10 heteroatoms. The zero-order valence-corrected chi connectivity index (χ0v) is 21.2. The second-order valence-corrected chi connectivity index (χ2v) is 9.64. The van der Waals surface area contributed by atoms with Crippen LogP contribution in [0.5, 0.6) is 0 Å². The highest BCUT2D eigenvalue weighted by atomic mass is 32.1. The molecule has 37 heavy (non-hydrogen) atoms. The van der Waals surface area contributed by atoms with E-state index in [4.69, 9.17) is 4.74 Å². The zero-order chi connectivity index (χ0) is 26.6. The van der Waals surface area contributed by atoms with E-state index in [1.54, 1.807) is 0 Å². The molecule has 0 fully saturated rings. The van der Waals surface area contributed by atoms with Gasteiger partial charge in [0.05, 0.1) is 28.8 Å². The van der Waals surface area contributed by atoms with Gasteiger partial charge >= 0.3 is 6.18 Å². The summed E-state index contributed by atoms with van der Waals surface area (Å²) in [5.41, 5.74) is 2.00. The highest BCUT2D eigenvalue weighted by Crippen LogP contribution is 2.34. The van der Waals surface area contributed by atoms with Crippen molar-refractivity contribution in [2.24, 2.45) is 5.10 Å². The van der Waals surface area contributed by atoms with Crippen molar-refractivity contribution in [3.8, 4) is 0 Å². The van der Waals surface area contributed by atoms with Crippen molar-refractivity contribution in [2.45, 2.75) is 25.6 Å². The van der Waals surface area contributed by atoms with Gasteiger partial charge in [0.2, 0.25) is 0 Å². The largest absolute Gasteiger partial charge is 0.416 e. The molecule has 3 aromatic rings. The Morgan fingerprint density at radius 1 is 1.11 bits per heavy atom. The summed E-state index contributed by atoms with van der Waals surface area (Å²) in [6.45, 7) is 1.93. The Bertz CT molecular complexity index is 1260. The van der Waals surface area contributed by atoms with Crippen LogP contribution in [0.4, 0.5) is 13.2 Å². The van der Waals surface area contributed by atoms with Gasteiger partial charge in [-0.1, -0.05) is 35.9 Å². The molecule has 194 valence electrons. The normalized spacial score (nSPS) is 15.5. The highest BCUT2D eigenvalue weighted by Gasteiger charge is 2.35. The number of methoxy groups -OCH3 is 1. The standard InChI is InChI=1S/C27H26F3N3O3S/c1-18-5-7-19(8-6-18)23-16-22(24-4-3-15-37-24)31-33(23)25(34)17-32(13-14-36-2)26(35)20-9-11-21(12-10-20)27(28,29)30/h3-12,15,23H,13-14,16-17H2,1-2H3. The molecule has 0 N–H and O–H groups in total. The molecule has 0 saturated carbocycles. The second-order valence-electron chi connectivity index (χ2n) is 8.69. The lowest BCUT2D eigenvalue weighted by Gasteiger charge is -2.27. The van der Waals surface area contributed by atoms with Gasteiger partial charge in [-0.3, -0.25) is 9.59 Å². The molecule has 1 unspecified atom stereocenters. The number of thiophene rings is 1. The molecule has 1 aliphatic heterocycles. The number of hydrogen-bond donors (Lipinski definition) is 0. The number of carbonyl (C=O) groups excluding carboxylic acids is 2. The highest BCUT2D eigenvalue weighted by molar-refractivity contribution is 7.12. The van der Waals surface area contributed by atoms with E-state index in [2.05, 4.69) is 5.10 Å². The fourth-order valence-electron chi connectivity index (χ4n) is 4.05. The summed E-state index contributed by atoms with van der Waals surface area (Å²) in [4.78, 5) is 29.0. The molecule has 2 amide bonds. The molecular formula is C27H26F3N3O3S. The van der Waals surface area contributed by atoms with Crippen molar-refractivity contribution in [3.63, 3.8) is 0 Å². The summed E-state index contributed by atoms with van der Waals surface area (Å²) >= 11 is 1.53. The van der Waals surface area contributed by atoms with Crippen molar-refractivity contribution in [2.75, 3.05) is 26.8 Å². The third-order valence-corrected chi connectivity index (χ3v) is 6.99. The summed E-state index contributed by atoms with van der Waals surface area (Å²) < 4.78 is 44.0. The number of amides is 2. The molecule has 6 nitrogen and oxygen atoms in total. The Labute approximate surface area is 217 Å². The monoisotopic (exact) mass is 529 g/mol. The predicted octanol–water partition coefficient (Wildman–Crippen LogP) is 5.54. The average Bonchev–Trinajstić information content (AvgIpc) is 3.56. The summed E-state index contributed by atoms with van der Waals surface area (Å²) in [7, 11) is 1.47. The molecule has 0 saturated heterocycles.